The fourth-order valence-electron chi connectivity index (χ4n) is 1.86. The molecule has 0 saturated carbocycles. The minimum absolute atomic E-state index is 0.0363. The summed E-state index contributed by atoms with van der Waals surface area (Å²) in [5.41, 5.74) is 14.7. The van der Waals surface area contributed by atoms with Crippen LogP contribution >= 0.6 is 0 Å². The molecule has 3 heteroatoms. The highest BCUT2D eigenvalue weighted by Gasteiger charge is 2.17. The van der Waals surface area contributed by atoms with Gasteiger partial charge in [-0.2, -0.15) is 0 Å². The van der Waals surface area contributed by atoms with Gasteiger partial charge in [-0.15, -0.1) is 0 Å². The van der Waals surface area contributed by atoms with Crippen LogP contribution in [0.4, 0.5) is 5.69 Å². The summed E-state index contributed by atoms with van der Waals surface area (Å²) in [5.74, 6) is 0.853. The molecule has 0 bridgehead atoms. The van der Waals surface area contributed by atoms with E-state index in [0.717, 1.165) is 36.4 Å². The average molecular weight is 192 g/mol. The van der Waals surface area contributed by atoms with Crippen molar-refractivity contribution in [2.24, 2.45) is 5.73 Å². The summed E-state index contributed by atoms with van der Waals surface area (Å²) in [6.45, 7) is 2.69. The molecule has 1 aromatic rings. The van der Waals surface area contributed by atoms with E-state index in [4.69, 9.17) is 16.2 Å². The van der Waals surface area contributed by atoms with E-state index in [1.807, 2.05) is 13.0 Å². The lowest BCUT2D eigenvalue weighted by molar-refractivity contribution is 0.289. The molecule has 0 aromatic heterocycles. The highest BCUT2D eigenvalue weighted by molar-refractivity contribution is 5.63. The number of hydrogen-bond donors (Lipinski definition) is 2. The third-order valence-electron chi connectivity index (χ3n) is 2.64. The number of fused-ring (bicyclic) bond motifs is 1. The van der Waals surface area contributed by atoms with Crippen LogP contribution in [0.3, 0.4) is 0 Å². The Bertz CT molecular complexity index is 347. The lowest BCUT2D eigenvalue weighted by atomic mass is 9.99. The molecule has 76 valence electrons. The average Bonchev–Trinajstić information content (AvgIpc) is 2.18. The monoisotopic (exact) mass is 192 g/mol. The van der Waals surface area contributed by atoms with Crippen LogP contribution in [0.15, 0.2) is 12.1 Å². The molecule has 0 saturated heterocycles. The first kappa shape index (κ1) is 9.34. The van der Waals surface area contributed by atoms with Crippen LogP contribution in [0.25, 0.3) is 0 Å². The number of nitrogen functional groups attached to an aromatic ring is 1. The van der Waals surface area contributed by atoms with Crippen LogP contribution in [-0.4, -0.2) is 6.61 Å². The Morgan fingerprint density at radius 1 is 1.43 bits per heavy atom. The van der Waals surface area contributed by atoms with Crippen LogP contribution in [0.1, 0.15) is 30.5 Å². The molecule has 0 aliphatic carbocycles. The molecule has 0 radical (unpaired) electrons. The zero-order valence-corrected chi connectivity index (χ0v) is 8.42. The van der Waals surface area contributed by atoms with Crippen LogP contribution in [0, 0.1) is 0 Å². The molecule has 14 heavy (non-hydrogen) atoms. The third kappa shape index (κ3) is 1.44. The summed E-state index contributed by atoms with van der Waals surface area (Å²) >= 11 is 0. The van der Waals surface area contributed by atoms with Gasteiger partial charge in [0, 0.05) is 6.04 Å². The largest absolute Gasteiger partial charge is 0.491 e. The normalized spacial score (nSPS) is 17.0. The predicted octanol–water partition coefficient (Wildman–Crippen LogP) is 1.61. The van der Waals surface area contributed by atoms with E-state index in [9.17, 15) is 0 Å². The minimum atomic E-state index is -0.0363. The fourth-order valence-corrected chi connectivity index (χ4v) is 1.86. The number of aryl methyl sites for hydroxylation is 1. The van der Waals surface area contributed by atoms with E-state index in [1.165, 1.54) is 5.56 Å². The van der Waals surface area contributed by atoms with Crippen molar-refractivity contribution < 1.29 is 4.74 Å². The van der Waals surface area contributed by atoms with E-state index in [-0.39, 0.29) is 6.04 Å². The summed E-state index contributed by atoms with van der Waals surface area (Å²) in [5, 5.41) is 0. The second-order valence-electron chi connectivity index (χ2n) is 3.80. The van der Waals surface area contributed by atoms with Gasteiger partial charge < -0.3 is 16.2 Å². The van der Waals surface area contributed by atoms with Crippen molar-refractivity contribution in [3.8, 4) is 5.75 Å². The maximum Gasteiger partial charge on any atom is 0.145 e. The van der Waals surface area contributed by atoms with Gasteiger partial charge in [0.15, 0.2) is 0 Å². The SMILES string of the molecule is C[C@@H](N)c1ccc2c(c1N)OCCC2. The first-order chi connectivity index (χ1) is 6.70. The van der Waals surface area contributed by atoms with Gasteiger partial charge in [0.1, 0.15) is 5.75 Å². The predicted molar refractivity (Wildman–Crippen MR) is 57.3 cm³/mol. The lowest BCUT2D eigenvalue weighted by Gasteiger charge is -2.21. The molecule has 0 fully saturated rings. The van der Waals surface area contributed by atoms with Crippen molar-refractivity contribution in [1.82, 2.24) is 0 Å². The van der Waals surface area contributed by atoms with Gasteiger partial charge in [0.2, 0.25) is 0 Å². The van der Waals surface area contributed by atoms with Crippen molar-refractivity contribution in [2.45, 2.75) is 25.8 Å². The molecular formula is C11H16N2O. The summed E-state index contributed by atoms with van der Waals surface area (Å²) in [4.78, 5) is 0. The topological polar surface area (TPSA) is 61.3 Å². The lowest BCUT2D eigenvalue weighted by Crippen LogP contribution is -2.14. The van der Waals surface area contributed by atoms with Gasteiger partial charge in [-0.25, -0.2) is 0 Å². The highest BCUT2D eigenvalue weighted by Crippen LogP contribution is 2.35. The van der Waals surface area contributed by atoms with Crippen molar-refractivity contribution >= 4 is 5.69 Å². The molecule has 1 atom stereocenters. The number of ether oxygens (including phenoxy) is 1. The molecule has 0 spiro atoms. The van der Waals surface area contributed by atoms with Gasteiger partial charge in [-0.1, -0.05) is 12.1 Å². The maximum atomic E-state index is 6.00. The quantitative estimate of drug-likeness (QED) is 0.664. The molecule has 1 aliphatic heterocycles. The van der Waals surface area contributed by atoms with E-state index >= 15 is 0 Å². The Kier molecular flexibility index (Phi) is 2.33. The summed E-state index contributed by atoms with van der Waals surface area (Å²) in [7, 11) is 0. The zero-order valence-electron chi connectivity index (χ0n) is 8.42. The van der Waals surface area contributed by atoms with E-state index in [0.29, 0.717) is 0 Å². The maximum absolute atomic E-state index is 6.00. The summed E-state index contributed by atoms with van der Waals surface area (Å²) in [6.07, 6.45) is 2.13. The van der Waals surface area contributed by atoms with Crippen LogP contribution in [0.5, 0.6) is 5.75 Å². The standard InChI is InChI=1S/C11H16N2O/c1-7(12)9-5-4-8-3-2-6-14-11(8)10(9)13/h4-5,7H,2-3,6,12-13H2,1H3/t7-/m1/s1. The van der Waals surface area contributed by atoms with Crippen LogP contribution in [0.2, 0.25) is 0 Å². The molecule has 0 unspecified atom stereocenters. The molecule has 1 heterocycles. The molecule has 1 aliphatic rings. The molecule has 0 amide bonds. The van der Waals surface area contributed by atoms with Crippen molar-refractivity contribution in [1.29, 1.82) is 0 Å². The van der Waals surface area contributed by atoms with Crippen LogP contribution in [-0.2, 0) is 6.42 Å². The first-order valence-electron chi connectivity index (χ1n) is 5.00. The molecular weight excluding hydrogens is 176 g/mol. The highest BCUT2D eigenvalue weighted by atomic mass is 16.5. The minimum Gasteiger partial charge on any atom is -0.491 e. The van der Waals surface area contributed by atoms with Gasteiger partial charge in [-0.3, -0.25) is 0 Å². The van der Waals surface area contributed by atoms with Crippen LogP contribution < -0.4 is 16.2 Å². The summed E-state index contributed by atoms with van der Waals surface area (Å²) < 4.78 is 5.56. The second-order valence-corrected chi connectivity index (χ2v) is 3.80. The molecule has 1 aromatic carbocycles. The molecule has 4 N–H and O–H groups in total. The second kappa shape index (κ2) is 3.50. The number of nitrogens with two attached hydrogens (primary N) is 2. The van der Waals surface area contributed by atoms with Gasteiger partial charge in [0.25, 0.3) is 0 Å². The van der Waals surface area contributed by atoms with E-state index in [1.54, 1.807) is 0 Å². The Morgan fingerprint density at radius 2 is 2.21 bits per heavy atom. The first-order valence-corrected chi connectivity index (χ1v) is 5.00. The Labute approximate surface area is 84.0 Å². The fraction of sp³-hybridized carbons (Fsp3) is 0.455. The van der Waals surface area contributed by atoms with Crippen molar-refractivity contribution in [3.63, 3.8) is 0 Å². The van der Waals surface area contributed by atoms with E-state index < -0.39 is 0 Å². The van der Waals surface area contributed by atoms with Gasteiger partial charge in [0.05, 0.1) is 12.3 Å². The number of anilines is 1. The third-order valence-corrected chi connectivity index (χ3v) is 2.64. The smallest absolute Gasteiger partial charge is 0.145 e. The molecule has 2 rings (SSSR count). The summed E-state index contributed by atoms with van der Waals surface area (Å²) in [6, 6.07) is 4.04. The van der Waals surface area contributed by atoms with E-state index in [2.05, 4.69) is 6.07 Å². The van der Waals surface area contributed by atoms with Gasteiger partial charge >= 0.3 is 0 Å². The number of hydrogen-bond acceptors (Lipinski definition) is 3. The van der Waals surface area contributed by atoms with Gasteiger partial charge in [-0.05, 0) is 30.9 Å². The van der Waals surface area contributed by atoms with Crippen molar-refractivity contribution in [3.05, 3.63) is 23.3 Å². The molecule has 3 nitrogen and oxygen atoms in total. The zero-order chi connectivity index (χ0) is 10.1. The Hall–Kier alpha value is -1.22. The van der Waals surface area contributed by atoms with Crippen molar-refractivity contribution in [2.75, 3.05) is 12.3 Å². The number of benzene rings is 1. The Morgan fingerprint density at radius 3 is 2.93 bits per heavy atom. The number of rotatable bonds is 1. The Balaban J connectivity index is 2.49.